The second-order valence-electron chi connectivity index (χ2n) is 3.12. The van der Waals surface area contributed by atoms with Gasteiger partial charge in [-0.15, -0.1) is 0 Å². The van der Waals surface area contributed by atoms with Crippen LogP contribution in [-0.2, 0) is 0 Å². The molecule has 1 N–H and O–H groups in total. The number of rotatable bonds is 4. The molecule has 1 aromatic carbocycles. The zero-order valence-corrected chi connectivity index (χ0v) is 9.13. The van der Waals surface area contributed by atoms with Crippen molar-refractivity contribution < 1.29 is 9.18 Å². The summed E-state index contributed by atoms with van der Waals surface area (Å²) in [6, 6.07) is 5.69. The lowest BCUT2D eigenvalue weighted by molar-refractivity contribution is 0.102. The van der Waals surface area contributed by atoms with Gasteiger partial charge in [-0.1, -0.05) is 23.9 Å². The summed E-state index contributed by atoms with van der Waals surface area (Å²) < 4.78 is 12.9. The molecule has 5 heteroatoms. The van der Waals surface area contributed by atoms with E-state index in [0.29, 0.717) is 10.7 Å². The number of Topliss-reactive ketones (excluding diaryl/α,β-unsaturated/α-hetero) is 1. The topological polar surface area (TPSA) is 45.8 Å². The minimum atomic E-state index is -0.395. The SMILES string of the molecule is O=C(CSc1ncc[nH]1)c1cccc(F)c1. The number of nitrogens with zero attached hydrogens (tertiary/aromatic N) is 1. The average Bonchev–Trinajstić information content (AvgIpc) is 2.78. The van der Waals surface area contributed by atoms with E-state index in [-0.39, 0.29) is 11.5 Å². The van der Waals surface area contributed by atoms with Crippen molar-refractivity contribution in [3.05, 3.63) is 48.0 Å². The lowest BCUT2D eigenvalue weighted by Gasteiger charge is -1.99. The third-order valence-corrected chi connectivity index (χ3v) is 2.86. The molecule has 0 fully saturated rings. The molecule has 0 atom stereocenters. The number of benzene rings is 1. The number of aromatic nitrogens is 2. The van der Waals surface area contributed by atoms with Crippen molar-refractivity contribution >= 4 is 17.5 Å². The van der Waals surface area contributed by atoms with Crippen LogP contribution in [0.15, 0.2) is 41.8 Å². The van der Waals surface area contributed by atoms with E-state index in [1.54, 1.807) is 18.5 Å². The molecule has 0 bridgehead atoms. The van der Waals surface area contributed by atoms with Crippen molar-refractivity contribution in [2.45, 2.75) is 5.16 Å². The number of ketones is 1. The van der Waals surface area contributed by atoms with Gasteiger partial charge in [0.15, 0.2) is 10.9 Å². The molecule has 2 rings (SSSR count). The molecule has 16 heavy (non-hydrogen) atoms. The van der Waals surface area contributed by atoms with Gasteiger partial charge in [0.2, 0.25) is 0 Å². The lowest BCUT2D eigenvalue weighted by Crippen LogP contribution is -2.02. The molecule has 3 nitrogen and oxygen atoms in total. The average molecular weight is 236 g/mol. The molecule has 0 saturated carbocycles. The summed E-state index contributed by atoms with van der Waals surface area (Å²) >= 11 is 1.30. The van der Waals surface area contributed by atoms with Crippen molar-refractivity contribution in [3.8, 4) is 0 Å². The number of H-pyrrole nitrogens is 1. The van der Waals surface area contributed by atoms with Crippen LogP contribution in [-0.4, -0.2) is 21.5 Å². The zero-order valence-electron chi connectivity index (χ0n) is 8.31. The fraction of sp³-hybridized carbons (Fsp3) is 0.0909. The normalized spacial score (nSPS) is 10.3. The quantitative estimate of drug-likeness (QED) is 0.655. The highest BCUT2D eigenvalue weighted by molar-refractivity contribution is 7.99. The number of hydrogen-bond donors (Lipinski definition) is 1. The maximum Gasteiger partial charge on any atom is 0.173 e. The molecule has 0 spiro atoms. The van der Waals surface area contributed by atoms with Gasteiger partial charge in [-0.25, -0.2) is 9.37 Å². The first kappa shape index (κ1) is 10.9. The van der Waals surface area contributed by atoms with Gasteiger partial charge < -0.3 is 4.98 Å². The van der Waals surface area contributed by atoms with Crippen LogP contribution in [0.2, 0.25) is 0 Å². The Kier molecular flexibility index (Phi) is 3.36. The highest BCUT2D eigenvalue weighted by Crippen LogP contribution is 2.14. The van der Waals surface area contributed by atoms with Gasteiger partial charge in [-0.3, -0.25) is 4.79 Å². The van der Waals surface area contributed by atoms with Gasteiger partial charge in [-0.05, 0) is 12.1 Å². The van der Waals surface area contributed by atoms with Crippen molar-refractivity contribution in [1.29, 1.82) is 0 Å². The van der Waals surface area contributed by atoms with E-state index in [0.717, 1.165) is 0 Å². The largest absolute Gasteiger partial charge is 0.340 e. The van der Waals surface area contributed by atoms with Crippen LogP contribution in [0.1, 0.15) is 10.4 Å². The molecule has 0 aliphatic heterocycles. The van der Waals surface area contributed by atoms with Crippen LogP contribution >= 0.6 is 11.8 Å². The Labute approximate surface area is 96.1 Å². The molecule has 2 aromatic rings. The number of carbonyl (C=O) groups is 1. The summed E-state index contributed by atoms with van der Waals surface area (Å²) in [6.07, 6.45) is 3.31. The monoisotopic (exact) mass is 236 g/mol. The Bertz CT molecular complexity index is 484. The molecular weight excluding hydrogens is 227 g/mol. The first-order valence-corrected chi connectivity index (χ1v) is 5.65. The summed E-state index contributed by atoms with van der Waals surface area (Å²) in [4.78, 5) is 18.5. The molecule has 0 saturated heterocycles. The van der Waals surface area contributed by atoms with Crippen LogP contribution in [0, 0.1) is 5.82 Å². The minimum Gasteiger partial charge on any atom is -0.340 e. The Morgan fingerprint density at radius 3 is 3.06 bits per heavy atom. The fourth-order valence-electron chi connectivity index (χ4n) is 1.21. The second kappa shape index (κ2) is 4.94. The summed E-state index contributed by atoms with van der Waals surface area (Å²) in [5.41, 5.74) is 0.388. The standard InChI is InChI=1S/C11H9FN2OS/c12-9-3-1-2-8(6-9)10(15)7-16-11-13-4-5-14-11/h1-6H,7H2,(H,13,14). The molecular formula is C11H9FN2OS. The van der Waals surface area contributed by atoms with Gasteiger partial charge in [0.25, 0.3) is 0 Å². The van der Waals surface area contributed by atoms with Crippen LogP contribution in [0.25, 0.3) is 0 Å². The Balaban J connectivity index is 1.98. The molecule has 1 heterocycles. The van der Waals surface area contributed by atoms with Crippen LogP contribution in [0.3, 0.4) is 0 Å². The Hall–Kier alpha value is -1.62. The first-order chi connectivity index (χ1) is 7.75. The van der Waals surface area contributed by atoms with E-state index < -0.39 is 5.82 Å². The summed E-state index contributed by atoms with van der Waals surface area (Å²) in [5.74, 6) is -0.258. The molecule has 0 aliphatic rings. The Morgan fingerprint density at radius 1 is 1.50 bits per heavy atom. The molecule has 0 unspecified atom stereocenters. The maximum absolute atomic E-state index is 12.9. The van der Waals surface area contributed by atoms with Crippen molar-refractivity contribution in [2.24, 2.45) is 0 Å². The van der Waals surface area contributed by atoms with Gasteiger partial charge in [0.1, 0.15) is 5.82 Å². The minimum absolute atomic E-state index is 0.110. The third kappa shape index (κ3) is 2.70. The molecule has 0 amide bonds. The van der Waals surface area contributed by atoms with Crippen LogP contribution < -0.4 is 0 Å². The number of thioether (sulfide) groups is 1. The third-order valence-electron chi connectivity index (χ3n) is 1.96. The number of imidazole rings is 1. The van der Waals surface area contributed by atoms with Gasteiger partial charge in [-0.2, -0.15) is 0 Å². The van der Waals surface area contributed by atoms with Crippen LogP contribution in [0.5, 0.6) is 0 Å². The highest BCUT2D eigenvalue weighted by atomic mass is 32.2. The van der Waals surface area contributed by atoms with Crippen LogP contribution in [0.4, 0.5) is 4.39 Å². The second-order valence-corrected chi connectivity index (χ2v) is 4.08. The maximum atomic E-state index is 12.9. The van der Waals surface area contributed by atoms with Crippen molar-refractivity contribution in [1.82, 2.24) is 9.97 Å². The summed E-state index contributed by atoms with van der Waals surface area (Å²) in [5, 5.41) is 0.685. The van der Waals surface area contributed by atoms with Gasteiger partial charge in [0, 0.05) is 18.0 Å². The first-order valence-electron chi connectivity index (χ1n) is 4.66. The molecule has 1 aromatic heterocycles. The molecule has 0 aliphatic carbocycles. The van der Waals surface area contributed by atoms with Crippen molar-refractivity contribution in [2.75, 3.05) is 5.75 Å². The summed E-state index contributed by atoms with van der Waals surface area (Å²) in [6.45, 7) is 0. The predicted octanol–water partition coefficient (Wildman–Crippen LogP) is 2.52. The van der Waals surface area contributed by atoms with Crippen molar-refractivity contribution in [3.63, 3.8) is 0 Å². The van der Waals surface area contributed by atoms with E-state index in [9.17, 15) is 9.18 Å². The Morgan fingerprint density at radius 2 is 2.38 bits per heavy atom. The smallest absolute Gasteiger partial charge is 0.173 e. The number of nitrogens with one attached hydrogen (secondary N) is 1. The lowest BCUT2D eigenvalue weighted by atomic mass is 10.1. The van der Waals surface area contributed by atoms with E-state index in [4.69, 9.17) is 0 Å². The number of halogens is 1. The van der Waals surface area contributed by atoms with E-state index in [2.05, 4.69) is 9.97 Å². The van der Waals surface area contributed by atoms with E-state index in [1.165, 1.54) is 30.0 Å². The highest BCUT2D eigenvalue weighted by Gasteiger charge is 2.08. The fourth-order valence-corrected chi connectivity index (χ4v) is 1.93. The number of aromatic amines is 1. The van der Waals surface area contributed by atoms with Gasteiger partial charge >= 0.3 is 0 Å². The molecule has 82 valence electrons. The molecule has 0 radical (unpaired) electrons. The van der Waals surface area contributed by atoms with E-state index >= 15 is 0 Å². The predicted molar refractivity (Wildman–Crippen MR) is 60.0 cm³/mol. The summed E-state index contributed by atoms with van der Waals surface area (Å²) in [7, 11) is 0. The van der Waals surface area contributed by atoms with E-state index in [1.807, 2.05) is 0 Å². The van der Waals surface area contributed by atoms with Gasteiger partial charge in [0.05, 0.1) is 5.75 Å². The zero-order chi connectivity index (χ0) is 11.4. The number of hydrogen-bond acceptors (Lipinski definition) is 3. The number of carbonyl (C=O) groups excluding carboxylic acids is 1.